The maximum absolute atomic E-state index is 5.72. The highest BCUT2D eigenvalue weighted by Gasteiger charge is 2.07. The molecule has 0 radical (unpaired) electrons. The van der Waals surface area contributed by atoms with Crippen LogP contribution in [-0.2, 0) is 0 Å². The van der Waals surface area contributed by atoms with Crippen LogP contribution < -0.4 is 4.74 Å². The maximum Gasteiger partial charge on any atom is 0.129 e. The van der Waals surface area contributed by atoms with Crippen LogP contribution in [-0.4, -0.2) is 14.2 Å². The highest BCUT2D eigenvalue weighted by Crippen LogP contribution is 2.14. The fourth-order valence-electron chi connectivity index (χ4n) is 1.19. The molecule has 0 saturated heterocycles. The lowest BCUT2D eigenvalue weighted by atomic mass is 10.2. The lowest BCUT2D eigenvalue weighted by molar-refractivity contribution is 0.217. The molecule has 0 fully saturated rings. The highest BCUT2D eigenvalue weighted by molar-refractivity contribution is 6.83. The van der Waals surface area contributed by atoms with E-state index >= 15 is 0 Å². The molecule has 0 aliphatic heterocycles. The lowest BCUT2D eigenvalue weighted by Crippen LogP contribution is -2.16. The number of benzene rings is 1. The van der Waals surface area contributed by atoms with Crippen LogP contribution >= 0.6 is 0 Å². The van der Waals surface area contributed by atoms with Gasteiger partial charge in [0.15, 0.2) is 0 Å². The van der Waals surface area contributed by atoms with Crippen LogP contribution in [0.25, 0.3) is 0 Å². The molecule has 0 amide bonds. The molecule has 0 aromatic heterocycles. The summed E-state index contributed by atoms with van der Waals surface area (Å²) in [6.07, 6.45) is 1.30. The van der Waals surface area contributed by atoms with E-state index in [1.165, 1.54) is 0 Å². The van der Waals surface area contributed by atoms with Crippen LogP contribution in [0.5, 0.6) is 5.75 Å². The maximum atomic E-state index is 5.72. The Labute approximate surface area is 106 Å². The summed E-state index contributed by atoms with van der Waals surface area (Å²) in [6, 6.07) is 8.07. The van der Waals surface area contributed by atoms with Gasteiger partial charge in [0.2, 0.25) is 0 Å². The molecular formula is C15H22OSi. The molecule has 0 heterocycles. The first-order valence-electron chi connectivity index (χ1n) is 6.20. The van der Waals surface area contributed by atoms with Crippen molar-refractivity contribution in [2.45, 2.75) is 46.0 Å². The van der Waals surface area contributed by atoms with E-state index in [4.69, 9.17) is 4.74 Å². The summed E-state index contributed by atoms with van der Waals surface area (Å²) in [4.78, 5) is 0. The second-order valence-corrected chi connectivity index (χ2v) is 10.1. The van der Waals surface area contributed by atoms with Crippen molar-refractivity contribution in [1.29, 1.82) is 0 Å². The van der Waals surface area contributed by atoms with Gasteiger partial charge in [-0.05, 0) is 37.6 Å². The molecule has 1 atom stereocenters. The Morgan fingerprint density at radius 1 is 1.18 bits per heavy atom. The van der Waals surface area contributed by atoms with E-state index in [9.17, 15) is 0 Å². The molecule has 17 heavy (non-hydrogen) atoms. The number of ether oxygens (including phenoxy) is 1. The molecule has 0 saturated carbocycles. The zero-order valence-electron chi connectivity index (χ0n) is 11.5. The summed E-state index contributed by atoms with van der Waals surface area (Å²) in [5, 5.41) is 0. The quantitative estimate of drug-likeness (QED) is 0.576. The Morgan fingerprint density at radius 2 is 1.76 bits per heavy atom. The summed E-state index contributed by atoms with van der Waals surface area (Å²) in [5.41, 5.74) is 4.43. The van der Waals surface area contributed by atoms with Crippen LogP contribution in [0.2, 0.25) is 19.6 Å². The molecule has 1 nitrogen and oxygen atoms in total. The normalized spacial score (nSPS) is 12.5. The van der Waals surface area contributed by atoms with Crippen molar-refractivity contribution < 1.29 is 4.74 Å². The average molecular weight is 246 g/mol. The van der Waals surface area contributed by atoms with E-state index in [-0.39, 0.29) is 6.10 Å². The second kappa shape index (κ2) is 5.93. The van der Waals surface area contributed by atoms with Crippen molar-refractivity contribution in [3.63, 3.8) is 0 Å². The summed E-state index contributed by atoms with van der Waals surface area (Å²) < 4.78 is 5.72. The van der Waals surface area contributed by atoms with E-state index < -0.39 is 8.07 Å². The number of rotatable bonds is 3. The minimum Gasteiger partial charge on any atom is -0.491 e. The molecule has 0 bridgehead atoms. The van der Waals surface area contributed by atoms with Gasteiger partial charge in [0.25, 0.3) is 0 Å². The van der Waals surface area contributed by atoms with E-state index in [1.54, 1.807) is 0 Å². The summed E-state index contributed by atoms with van der Waals surface area (Å²) in [7, 11) is -1.28. The molecule has 1 aromatic rings. The van der Waals surface area contributed by atoms with Gasteiger partial charge in [-0.15, -0.1) is 5.54 Å². The third kappa shape index (κ3) is 5.60. The number of hydrogen-bond donors (Lipinski definition) is 0. The minimum absolute atomic E-state index is 0.272. The largest absolute Gasteiger partial charge is 0.491 e. The first kappa shape index (κ1) is 13.9. The summed E-state index contributed by atoms with van der Waals surface area (Å²) in [6.45, 7) is 11.0. The summed E-state index contributed by atoms with van der Waals surface area (Å²) in [5.74, 6) is 4.16. The molecule has 1 aromatic carbocycles. The molecule has 2 heteroatoms. The molecule has 92 valence electrons. The lowest BCUT2D eigenvalue weighted by Gasteiger charge is -2.12. The number of hydrogen-bond acceptors (Lipinski definition) is 1. The topological polar surface area (TPSA) is 9.23 Å². The van der Waals surface area contributed by atoms with Crippen molar-refractivity contribution in [3.05, 3.63) is 29.8 Å². The van der Waals surface area contributed by atoms with Crippen molar-refractivity contribution in [2.24, 2.45) is 0 Å². The predicted molar refractivity (Wildman–Crippen MR) is 77.0 cm³/mol. The molecule has 0 aliphatic carbocycles. The second-order valence-electron chi connectivity index (χ2n) is 5.36. The van der Waals surface area contributed by atoms with E-state index in [2.05, 4.69) is 45.0 Å². The fourth-order valence-corrected chi connectivity index (χ4v) is 1.71. The van der Waals surface area contributed by atoms with Gasteiger partial charge in [0, 0.05) is 5.56 Å². The zero-order valence-corrected chi connectivity index (χ0v) is 12.5. The van der Waals surface area contributed by atoms with Crippen LogP contribution in [0, 0.1) is 11.5 Å². The average Bonchev–Trinajstić information content (AvgIpc) is 2.27. The monoisotopic (exact) mass is 246 g/mol. The Hall–Kier alpha value is -1.20. The molecule has 0 aliphatic rings. The SMILES string of the molecule is CC[C@@H](C)Oc1ccc(C#C[Si](C)(C)C)cc1. The minimum atomic E-state index is -1.28. The van der Waals surface area contributed by atoms with E-state index in [0.29, 0.717) is 0 Å². The van der Waals surface area contributed by atoms with Crippen molar-refractivity contribution in [3.8, 4) is 17.2 Å². The molecule has 0 N–H and O–H groups in total. The van der Waals surface area contributed by atoms with Gasteiger partial charge < -0.3 is 4.74 Å². The van der Waals surface area contributed by atoms with Crippen LogP contribution in [0.3, 0.4) is 0 Å². The Bertz CT molecular complexity index is 403. The fraction of sp³-hybridized carbons (Fsp3) is 0.467. The molecule has 1 rings (SSSR count). The molecule has 0 spiro atoms. The smallest absolute Gasteiger partial charge is 0.129 e. The van der Waals surface area contributed by atoms with Crippen LogP contribution in [0.15, 0.2) is 24.3 Å². The van der Waals surface area contributed by atoms with Gasteiger partial charge in [-0.1, -0.05) is 32.5 Å². The van der Waals surface area contributed by atoms with Crippen LogP contribution in [0.1, 0.15) is 25.8 Å². The highest BCUT2D eigenvalue weighted by atomic mass is 28.3. The van der Waals surface area contributed by atoms with Crippen molar-refractivity contribution in [2.75, 3.05) is 0 Å². The van der Waals surface area contributed by atoms with Gasteiger partial charge >= 0.3 is 0 Å². The molecule has 0 unspecified atom stereocenters. The van der Waals surface area contributed by atoms with E-state index in [1.807, 2.05) is 24.3 Å². The standard InChI is InChI=1S/C15H22OSi/c1-6-13(2)16-15-9-7-14(8-10-15)11-12-17(3,4)5/h7-10,13H,6H2,1-5H3/t13-/m1/s1. The van der Waals surface area contributed by atoms with E-state index in [0.717, 1.165) is 17.7 Å². The van der Waals surface area contributed by atoms with Crippen LogP contribution in [0.4, 0.5) is 0 Å². The summed E-state index contributed by atoms with van der Waals surface area (Å²) >= 11 is 0. The van der Waals surface area contributed by atoms with Gasteiger partial charge in [0.1, 0.15) is 13.8 Å². The third-order valence-corrected chi connectivity index (χ3v) is 3.22. The van der Waals surface area contributed by atoms with Crippen molar-refractivity contribution in [1.82, 2.24) is 0 Å². The van der Waals surface area contributed by atoms with Gasteiger partial charge in [-0.25, -0.2) is 0 Å². The molecular weight excluding hydrogens is 224 g/mol. The first-order chi connectivity index (χ1) is 7.90. The Balaban J connectivity index is 2.71. The first-order valence-corrected chi connectivity index (χ1v) is 9.70. The predicted octanol–water partition coefficient (Wildman–Crippen LogP) is 4.09. The van der Waals surface area contributed by atoms with Gasteiger partial charge in [0.05, 0.1) is 6.10 Å². The zero-order chi connectivity index (χ0) is 12.9. The Kier molecular flexibility index (Phi) is 4.83. The van der Waals surface area contributed by atoms with Crippen molar-refractivity contribution >= 4 is 8.07 Å². The third-order valence-electron chi connectivity index (χ3n) is 2.35. The van der Waals surface area contributed by atoms with Gasteiger partial charge in [-0.2, -0.15) is 0 Å². The van der Waals surface area contributed by atoms with Gasteiger partial charge in [-0.3, -0.25) is 0 Å². The Morgan fingerprint density at radius 3 is 2.24 bits per heavy atom.